The Labute approximate surface area is 144 Å². The standard InChI is InChI=1S/C18H18N4O3/c1-10-6-15(22-25-10)17-20-14-8-12(9-19-18(23)16(14)21-17)11-4-3-5-13(7-11)24-2/h3-7,12H,8-9H2,1-2H3,(H,19,23)(H,20,21)/t12-/m0/s1. The Kier molecular flexibility index (Phi) is 3.76. The molecule has 0 bridgehead atoms. The van der Waals surface area contributed by atoms with E-state index in [1.165, 1.54) is 0 Å². The van der Waals surface area contributed by atoms with Crippen LogP contribution in [-0.4, -0.2) is 34.7 Å². The maximum atomic E-state index is 12.4. The van der Waals surface area contributed by atoms with Crippen molar-refractivity contribution in [3.05, 3.63) is 53.0 Å². The second-order valence-corrected chi connectivity index (χ2v) is 6.12. The fraction of sp³-hybridized carbons (Fsp3) is 0.278. The van der Waals surface area contributed by atoms with Gasteiger partial charge in [-0.15, -0.1) is 0 Å². The molecule has 1 aliphatic rings. The van der Waals surface area contributed by atoms with Gasteiger partial charge in [-0.2, -0.15) is 0 Å². The Morgan fingerprint density at radius 2 is 2.20 bits per heavy atom. The van der Waals surface area contributed by atoms with E-state index in [0.29, 0.717) is 35.9 Å². The summed E-state index contributed by atoms with van der Waals surface area (Å²) in [6.45, 7) is 2.37. The number of fused-ring (bicyclic) bond motifs is 1. The fourth-order valence-electron chi connectivity index (χ4n) is 3.09. The molecule has 2 aromatic heterocycles. The third-order valence-electron chi connectivity index (χ3n) is 4.39. The van der Waals surface area contributed by atoms with Gasteiger partial charge in [-0.05, 0) is 31.0 Å². The van der Waals surface area contributed by atoms with Crippen LogP contribution < -0.4 is 10.1 Å². The van der Waals surface area contributed by atoms with E-state index in [4.69, 9.17) is 9.26 Å². The zero-order valence-electron chi connectivity index (χ0n) is 14.0. The molecule has 1 amide bonds. The Balaban J connectivity index is 1.68. The topological polar surface area (TPSA) is 93.0 Å². The van der Waals surface area contributed by atoms with E-state index >= 15 is 0 Å². The summed E-state index contributed by atoms with van der Waals surface area (Å²) in [5.74, 6) is 2.00. The number of methoxy groups -OCH3 is 1. The van der Waals surface area contributed by atoms with Crippen molar-refractivity contribution in [1.82, 2.24) is 20.4 Å². The summed E-state index contributed by atoms with van der Waals surface area (Å²) in [4.78, 5) is 20.1. The summed E-state index contributed by atoms with van der Waals surface area (Å²) in [5.41, 5.74) is 2.93. The van der Waals surface area contributed by atoms with Gasteiger partial charge in [-0.25, -0.2) is 4.98 Å². The van der Waals surface area contributed by atoms with Crippen molar-refractivity contribution in [3.63, 3.8) is 0 Å². The van der Waals surface area contributed by atoms with E-state index in [0.717, 1.165) is 17.0 Å². The number of aromatic nitrogens is 3. The highest BCUT2D eigenvalue weighted by Crippen LogP contribution is 2.28. The number of benzene rings is 1. The number of hydrogen-bond donors (Lipinski definition) is 2. The Morgan fingerprint density at radius 1 is 1.32 bits per heavy atom. The summed E-state index contributed by atoms with van der Waals surface area (Å²) in [7, 11) is 1.65. The number of rotatable bonds is 3. The van der Waals surface area contributed by atoms with Gasteiger partial charge in [0.15, 0.2) is 5.82 Å². The molecular weight excluding hydrogens is 320 g/mol. The molecule has 25 heavy (non-hydrogen) atoms. The van der Waals surface area contributed by atoms with Crippen molar-refractivity contribution >= 4 is 5.91 Å². The number of carbonyl (C=O) groups is 1. The minimum atomic E-state index is -0.178. The van der Waals surface area contributed by atoms with Crippen molar-refractivity contribution in [2.45, 2.75) is 19.3 Å². The number of nitrogens with one attached hydrogen (secondary N) is 2. The lowest BCUT2D eigenvalue weighted by Gasteiger charge is -2.15. The lowest BCUT2D eigenvalue weighted by atomic mass is 9.94. The molecule has 3 heterocycles. The van der Waals surface area contributed by atoms with E-state index in [1.54, 1.807) is 13.2 Å². The molecule has 2 N–H and O–H groups in total. The predicted octanol–water partition coefficient (Wildman–Crippen LogP) is 2.45. The van der Waals surface area contributed by atoms with Crippen LogP contribution >= 0.6 is 0 Å². The quantitative estimate of drug-likeness (QED) is 0.765. The largest absolute Gasteiger partial charge is 0.497 e. The van der Waals surface area contributed by atoms with Gasteiger partial charge in [0.2, 0.25) is 0 Å². The smallest absolute Gasteiger partial charge is 0.271 e. The molecule has 0 spiro atoms. The summed E-state index contributed by atoms with van der Waals surface area (Å²) in [6, 6.07) is 9.70. The van der Waals surface area contributed by atoms with E-state index in [2.05, 4.69) is 20.4 Å². The van der Waals surface area contributed by atoms with Crippen molar-refractivity contribution in [2.24, 2.45) is 0 Å². The zero-order chi connectivity index (χ0) is 17.4. The molecule has 0 unspecified atom stereocenters. The lowest BCUT2D eigenvalue weighted by molar-refractivity contribution is 0.0950. The molecule has 7 nitrogen and oxygen atoms in total. The average Bonchev–Trinajstić information content (AvgIpc) is 3.21. The van der Waals surface area contributed by atoms with Crippen LogP contribution in [0.25, 0.3) is 11.5 Å². The van der Waals surface area contributed by atoms with E-state index in [9.17, 15) is 4.79 Å². The molecule has 0 radical (unpaired) electrons. The third kappa shape index (κ3) is 2.88. The number of aryl methyl sites for hydroxylation is 1. The zero-order valence-corrected chi connectivity index (χ0v) is 14.0. The molecule has 3 aromatic rings. The number of carbonyl (C=O) groups excluding carboxylic acids is 1. The second kappa shape index (κ2) is 6.08. The normalized spacial score (nSPS) is 16.9. The molecule has 4 rings (SSSR count). The molecule has 0 saturated heterocycles. The number of ether oxygens (including phenoxy) is 1. The van der Waals surface area contributed by atoms with Crippen LogP contribution in [0.15, 0.2) is 34.9 Å². The predicted molar refractivity (Wildman–Crippen MR) is 90.6 cm³/mol. The van der Waals surface area contributed by atoms with Gasteiger partial charge in [-0.3, -0.25) is 4.79 Å². The first kappa shape index (κ1) is 15.4. The first-order valence-electron chi connectivity index (χ1n) is 8.09. The van der Waals surface area contributed by atoms with Gasteiger partial charge in [-0.1, -0.05) is 17.3 Å². The Hall–Kier alpha value is -3.09. The Morgan fingerprint density at radius 3 is 2.96 bits per heavy atom. The summed E-state index contributed by atoms with van der Waals surface area (Å²) >= 11 is 0. The highest BCUT2D eigenvalue weighted by atomic mass is 16.5. The summed E-state index contributed by atoms with van der Waals surface area (Å²) < 4.78 is 10.4. The molecule has 1 atom stereocenters. The van der Waals surface area contributed by atoms with Crippen LogP contribution in [0.4, 0.5) is 0 Å². The first-order chi connectivity index (χ1) is 12.1. The van der Waals surface area contributed by atoms with Gasteiger partial charge < -0.3 is 19.6 Å². The monoisotopic (exact) mass is 338 g/mol. The molecule has 0 fully saturated rings. The van der Waals surface area contributed by atoms with E-state index in [1.807, 2.05) is 31.2 Å². The van der Waals surface area contributed by atoms with Gasteiger partial charge in [0, 0.05) is 24.2 Å². The number of nitrogens with zero attached hydrogens (tertiary/aromatic N) is 2. The van der Waals surface area contributed by atoms with Gasteiger partial charge >= 0.3 is 0 Å². The molecule has 7 heteroatoms. The minimum Gasteiger partial charge on any atom is -0.497 e. The maximum absolute atomic E-state index is 12.4. The first-order valence-corrected chi connectivity index (χ1v) is 8.09. The molecular formula is C18H18N4O3. The number of imidazole rings is 1. The number of hydrogen-bond acceptors (Lipinski definition) is 5. The lowest BCUT2D eigenvalue weighted by Crippen LogP contribution is -2.26. The minimum absolute atomic E-state index is 0.132. The van der Waals surface area contributed by atoms with E-state index in [-0.39, 0.29) is 11.8 Å². The molecule has 0 aliphatic carbocycles. The van der Waals surface area contributed by atoms with Crippen LogP contribution in [0.5, 0.6) is 5.75 Å². The fourth-order valence-corrected chi connectivity index (χ4v) is 3.09. The number of aromatic amines is 1. The molecule has 1 aliphatic heterocycles. The summed E-state index contributed by atoms with van der Waals surface area (Å²) in [5, 5.41) is 6.91. The molecule has 0 saturated carbocycles. The SMILES string of the molecule is COc1cccc([C@@H]2CNC(=O)c3nc(-c4cc(C)on4)[nH]c3C2)c1. The maximum Gasteiger partial charge on any atom is 0.271 e. The van der Waals surface area contributed by atoms with E-state index < -0.39 is 0 Å². The van der Waals surface area contributed by atoms with Crippen LogP contribution in [0.2, 0.25) is 0 Å². The second-order valence-electron chi connectivity index (χ2n) is 6.12. The van der Waals surface area contributed by atoms with Gasteiger partial charge in [0.1, 0.15) is 22.9 Å². The van der Waals surface area contributed by atoms with Crippen LogP contribution in [-0.2, 0) is 6.42 Å². The summed E-state index contributed by atoms with van der Waals surface area (Å²) in [6.07, 6.45) is 0.672. The third-order valence-corrected chi connectivity index (χ3v) is 4.39. The number of H-pyrrole nitrogens is 1. The van der Waals surface area contributed by atoms with Crippen molar-refractivity contribution in [1.29, 1.82) is 0 Å². The van der Waals surface area contributed by atoms with Crippen LogP contribution in [0.1, 0.15) is 33.4 Å². The molecule has 1 aromatic carbocycles. The van der Waals surface area contributed by atoms with Crippen molar-refractivity contribution < 1.29 is 14.1 Å². The number of amides is 1. The van der Waals surface area contributed by atoms with Crippen molar-refractivity contribution in [3.8, 4) is 17.3 Å². The van der Waals surface area contributed by atoms with Gasteiger partial charge in [0.25, 0.3) is 5.91 Å². The molecule has 128 valence electrons. The highest BCUT2D eigenvalue weighted by molar-refractivity contribution is 5.94. The van der Waals surface area contributed by atoms with Crippen LogP contribution in [0, 0.1) is 6.92 Å². The van der Waals surface area contributed by atoms with Crippen LogP contribution in [0.3, 0.4) is 0 Å². The highest BCUT2D eigenvalue weighted by Gasteiger charge is 2.27. The Bertz CT molecular complexity index is 928. The van der Waals surface area contributed by atoms with Crippen molar-refractivity contribution in [2.75, 3.05) is 13.7 Å². The van der Waals surface area contributed by atoms with Gasteiger partial charge in [0.05, 0.1) is 7.11 Å². The average molecular weight is 338 g/mol.